The van der Waals surface area contributed by atoms with Crippen LogP contribution >= 0.6 is 11.6 Å². The molecule has 0 aromatic heterocycles. The molecule has 0 saturated carbocycles. The zero-order chi connectivity index (χ0) is 11.1. The number of amides is 2. The molecule has 1 aromatic carbocycles. The van der Waals surface area contributed by atoms with Crippen molar-refractivity contribution in [3.8, 4) is 0 Å². The Morgan fingerprint density at radius 2 is 2.20 bits per heavy atom. The SMILES string of the molecule is CCNC(=O)NCCc1cccc(Cl)c1. The van der Waals surface area contributed by atoms with E-state index in [4.69, 9.17) is 11.6 Å². The molecule has 0 saturated heterocycles. The molecule has 0 atom stereocenters. The van der Waals surface area contributed by atoms with Crippen LogP contribution in [0.25, 0.3) is 0 Å². The molecule has 0 aliphatic carbocycles. The van der Waals surface area contributed by atoms with Gasteiger partial charge in [-0.25, -0.2) is 4.79 Å². The van der Waals surface area contributed by atoms with Gasteiger partial charge in [0.1, 0.15) is 0 Å². The lowest BCUT2D eigenvalue weighted by Gasteiger charge is -2.05. The zero-order valence-electron chi connectivity index (χ0n) is 8.72. The molecule has 0 bridgehead atoms. The molecule has 2 amide bonds. The van der Waals surface area contributed by atoms with Crippen molar-refractivity contribution in [2.24, 2.45) is 0 Å². The standard InChI is InChI=1S/C11H15ClN2O/c1-2-13-11(15)14-7-6-9-4-3-5-10(12)8-9/h3-5,8H,2,6-7H2,1H3,(H2,13,14,15). The van der Waals surface area contributed by atoms with Crippen molar-refractivity contribution in [2.75, 3.05) is 13.1 Å². The maximum Gasteiger partial charge on any atom is 0.314 e. The number of carbonyl (C=O) groups is 1. The van der Waals surface area contributed by atoms with E-state index in [1.54, 1.807) is 0 Å². The van der Waals surface area contributed by atoms with Crippen LogP contribution in [0.4, 0.5) is 4.79 Å². The van der Waals surface area contributed by atoms with E-state index in [1.165, 1.54) is 0 Å². The Morgan fingerprint density at radius 1 is 1.40 bits per heavy atom. The molecule has 0 aliphatic heterocycles. The summed E-state index contributed by atoms with van der Waals surface area (Å²) in [4.78, 5) is 11.1. The van der Waals surface area contributed by atoms with Crippen molar-refractivity contribution >= 4 is 17.6 Å². The Labute approximate surface area is 94.8 Å². The zero-order valence-corrected chi connectivity index (χ0v) is 9.47. The number of rotatable bonds is 4. The lowest BCUT2D eigenvalue weighted by molar-refractivity contribution is 0.241. The van der Waals surface area contributed by atoms with Crippen LogP contribution in [-0.4, -0.2) is 19.1 Å². The summed E-state index contributed by atoms with van der Waals surface area (Å²) in [5, 5.41) is 6.15. The van der Waals surface area contributed by atoms with Crippen LogP contribution in [0.1, 0.15) is 12.5 Å². The topological polar surface area (TPSA) is 41.1 Å². The second-order valence-corrected chi connectivity index (χ2v) is 3.60. The van der Waals surface area contributed by atoms with Gasteiger partial charge in [-0.3, -0.25) is 0 Å². The molecule has 0 fully saturated rings. The Bertz CT molecular complexity index is 328. The summed E-state index contributed by atoms with van der Waals surface area (Å²) in [6.45, 7) is 3.14. The Morgan fingerprint density at radius 3 is 2.87 bits per heavy atom. The molecule has 0 spiro atoms. The summed E-state index contributed by atoms with van der Waals surface area (Å²) in [6, 6.07) is 7.51. The Kier molecular flexibility index (Phi) is 4.98. The molecule has 1 rings (SSSR count). The molecular formula is C11H15ClN2O. The van der Waals surface area contributed by atoms with Crippen molar-refractivity contribution < 1.29 is 4.79 Å². The highest BCUT2D eigenvalue weighted by Crippen LogP contribution is 2.10. The van der Waals surface area contributed by atoms with Gasteiger partial charge < -0.3 is 10.6 Å². The quantitative estimate of drug-likeness (QED) is 0.812. The van der Waals surface area contributed by atoms with Crippen LogP contribution < -0.4 is 10.6 Å². The summed E-state index contributed by atoms with van der Waals surface area (Å²) in [6.07, 6.45) is 0.789. The monoisotopic (exact) mass is 226 g/mol. The van der Waals surface area contributed by atoms with Crippen molar-refractivity contribution in [1.29, 1.82) is 0 Å². The molecule has 4 heteroatoms. The second-order valence-electron chi connectivity index (χ2n) is 3.17. The van der Waals surface area contributed by atoms with Gasteiger partial charge in [0.25, 0.3) is 0 Å². The van der Waals surface area contributed by atoms with Gasteiger partial charge in [0.15, 0.2) is 0 Å². The first-order valence-electron chi connectivity index (χ1n) is 4.98. The first-order chi connectivity index (χ1) is 7.22. The van der Waals surface area contributed by atoms with E-state index in [0.29, 0.717) is 13.1 Å². The second kappa shape index (κ2) is 6.30. The Hall–Kier alpha value is -1.22. The molecule has 2 N–H and O–H groups in total. The number of hydrogen-bond donors (Lipinski definition) is 2. The number of halogens is 1. The number of nitrogens with one attached hydrogen (secondary N) is 2. The van der Waals surface area contributed by atoms with Gasteiger partial charge in [0.05, 0.1) is 0 Å². The summed E-state index contributed by atoms with van der Waals surface area (Å²) >= 11 is 5.84. The minimum absolute atomic E-state index is 0.125. The van der Waals surface area contributed by atoms with E-state index in [0.717, 1.165) is 17.0 Å². The minimum atomic E-state index is -0.125. The molecule has 15 heavy (non-hydrogen) atoms. The number of carbonyl (C=O) groups excluding carboxylic acids is 1. The molecular weight excluding hydrogens is 212 g/mol. The van der Waals surface area contributed by atoms with E-state index in [9.17, 15) is 4.79 Å². The van der Waals surface area contributed by atoms with Crippen LogP contribution in [0.2, 0.25) is 5.02 Å². The summed E-state index contributed by atoms with van der Waals surface area (Å²) in [5.41, 5.74) is 1.12. The van der Waals surface area contributed by atoms with E-state index in [1.807, 2.05) is 31.2 Å². The van der Waals surface area contributed by atoms with Gasteiger partial charge >= 0.3 is 6.03 Å². The maximum atomic E-state index is 11.1. The smallest absolute Gasteiger partial charge is 0.314 e. The highest BCUT2D eigenvalue weighted by atomic mass is 35.5. The van der Waals surface area contributed by atoms with E-state index < -0.39 is 0 Å². The number of hydrogen-bond acceptors (Lipinski definition) is 1. The van der Waals surface area contributed by atoms with Gasteiger partial charge in [-0.15, -0.1) is 0 Å². The third-order valence-corrected chi connectivity index (χ3v) is 2.16. The lowest BCUT2D eigenvalue weighted by atomic mass is 10.1. The largest absolute Gasteiger partial charge is 0.338 e. The number of urea groups is 1. The van der Waals surface area contributed by atoms with Crippen molar-refractivity contribution in [3.63, 3.8) is 0 Å². The first-order valence-corrected chi connectivity index (χ1v) is 5.36. The van der Waals surface area contributed by atoms with Gasteiger partial charge in [-0.05, 0) is 31.0 Å². The predicted molar refractivity (Wildman–Crippen MR) is 62.2 cm³/mol. The van der Waals surface area contributed by atoms with Crippen molar-refractivity contribution in [1.82, 2.24) is 10.6 Å². The summed E-state index contributed by atoms with van der Waals surface area (Å²) in [7, 11) is 0. The van der Waals surface area contributed by atoms with Gasteiger partial charge in [0.2, 0.25) is 0 Å². The van der Waals surface area contributed by atoms with E-state index in [-0.39, 0.29) is 6.03 Å². The molecule has 0 aliphatic rings. The van der Waals surface area contributed by atoms with Crippen LogP contribution in [0.15, 0.2) is 24.3 Å². The van der Waals surface area contributed by atoms with Crippen LogP contribution in [0.5, 0.6) is 0 Å². The number of benzene rings is 1. The molecule has 1 aromatic rings. The third kappa shape index (κ3) is 4.70. The van der Waals surface area contributed by atoms with Crippen LogP contribution in [-0.2, 0) is 6.42 Å². The molecule has 0 heterocycles. The van der Waals surface area contributed by atoms with Gasteiger partial charge in [-0.2, -0.15) is 0 Å². The molecule has 0 radical (unpaired) electrons. The first kappa shape index (κ1) is 11.9. The predicted octanol–water partition coefficient (Wildman–Crippen LogP) is 2.20. The van der Waals surface area contributed by atoms with Gasteiger partial charge in [0, 0.05) is 18.1 Å². The molecule has 82 valence electrons. The van der Waals surface area contributed by atoms with Crippen molar-refractivity contribution in [3.05, 3.63) is 34.9 Å². The highest BCUT2D eigenvalue weighted by molar-refractivity contribution is 6.30. The normalized spacial score (nSPS) is 9.73. The van der Waals surface area contributed by atoms with Gasteiger partial charge in [-0.1, -0.05) is 23.7 Å². The van der Waals surface area contributed by atoms with Crippen molar-refractivity contribution in [2.45, 2.75) is 13.3 Å². The summed E-state index contributed by atoms with van der Waals surface area (Å²) < 4.78 is 0. The van der Waals surface area contributed by atoms with E-state index in [2.05, 4.69) is 10.6 Å². The van der Waals surface area contributed by atoms with Crippen LogP contribution in [0.3, 0.4) is 0 Å². The fourth-order valence-corrected chi connectivity index (χ4v) is 1.45. The highest BCUT2D eigenvalue weighted by Gasteiger charge is 1.97. The fourth-order valence-electron chi connectivity index (χ4n) is 1.24. The summed E-state index contributed by atoms with van der Waals surface area (Å²) in [5.74, 6) is 0. The molecule has 3 nitrogen and oxygen atoms in total. The van der Waals surface area contributed by atoms with Crippen LogP contribution in [0, 0.1) is 0 Å². The average Bonchev–Trinajstić information content (AvgIpc) is 2.18. The third-order valence-electron chi connectivity index (χ3n) is 1.93. The fraction of sp³-hybridized carbons (Fsp3) is 0.364. The minimum Gasteiger partial charge on any atom is -0.338 e. The Balaban J connectivity index is 2.28. The average molecular weight is 227 g/mol. The maximum absolute atomic E-state index is 11.1. The van der Waals surface area contributed by atoms with E-state index >= 15 is 0 Å². The molecule has 0 unspecified atom stereocenters. The lowest BCUT2D eigenvalue weighted by Crippen LogP contribution is -2.36.